The second kappa shape index (κ2) is 5.79. The van der Waals surface area contributed by atoms with E-state index >= 15 is 0 Å². The number of rotatable bonds is 4. The Morgan fingerprint density at radius 3 is 2.53 bits per heavy atom. The van der Waals surface area contributed by atoms with Gasteiger partial charge in [-0.25, -0.2) is 4.79 Å². The van der Waals surface area contributed by atoms with Crippen LogP contribution in [0.1, 0.15) is 21.9 Å². The average Bonchev–Trinajstić information content (AvgIpc) is 2.70. The number of benzene rings is 1. The molecule has 0 saturated carbocycles. The molecule has 1 aromatic heterocycles. The first kappa shape index (κ1) is 14.1. The smallest absolute Gasteiger partial charge is 0.339 e. The highest BCUT2D eigenvalue weighted by molar-refractivity contribution is 9.11. The molecule has 6 heteroatoms. The maximum atomic E-state index is 10.9. The molecule has 2 aromatic rings. The summed E-state index contributed by atoms with van der Waals surface area (Å²) in [6.07, 6.45) is 0. The first-order valence-corrected chi connectivity index (χ1v) is 6.97. The molecule has 0 aliphatic heterocycles. The predicted octanol–water partition coefficient (Wildman–Crippen LogP) is 4.39. The monoisotopic (exact) mass is 388 g/mol. The van der Waals surface area contributed by atoms with Crippen LogP contribution in [0.25, 0.3) is 0 Å². The first-order chi connectivity index (χ1) is 8.99. The molecular weight excluding hydrogens is 380 g/mol. The van der Waals surface area contributed by atoms with E-state index in [9.17, 15) is 4.79 Å². The van der Waals surface area contributed by atoms with Crippen LogP contribution < -0.4 is 4.74 Å². The summed E-state index contributed by atoms with van der Waals surface area (Å²) >= 11 is 6.77. The van der Waals surface area contributed by atoms with Gasteiger partial charge < -0.3 is 14.3 Å². The van der Waals surface area contributed by atoms with Gasteiger partial charge in [0.15, 0.2) is 0 Å². The van der Waals surface area contributed by atoms with E-state index in [-0.39, 0.29) is 12.2 Å². The van der Waals surface area contributed by atoms with Crippen LogP contribution in [0.4, 0.5) is 0 Å². The fourth-order valence-electron chi connectivity index (χ4n) is 1.59. The third kappa shape index (κ3) is 3.19. The zero-order valence-corrected chi connectivity index (χ0v) is 13.1. The lowest BCUT2D eigenvalue weighted by atomic mass is 10.2. The lowest BCUT2D eigenvalue weighted by Gasteiger charge is -2.08. The standard InChI is InChI=1S/C13H10Br2O4/c1-7-9(13(16)17)5-8(19-7)6-18-12-10(14)3-2-4-11(12)15/h2-5H,6H2,1H3,(H,16,17). The molecular formula is C13H10Br2O4. The third-order valence-electron chi connectivity index (χ3n) is 2.48. The number of hydrogen-bond acceptors (Lipinski definition) is 3. The Hall–Kier alpha value is -1.27. The first-order valence-electron chi connectivity index (χ1n) is 5.38. The number of carboxylic acid groups (broad SMARTS) is 1. The molecule has 0 aliphatic rings. The summed E-state index contributed by atoms with van der Waals surface area (Å²) in [6, 6.07) is 7.06. The topological polar surface area (TPSA) is 59.7 Å². The molecule has 1 aromatic carbocycles. The third-order valence-corrected chi connectivity index (χ3v) is 3.73. The summed E-state index contributed by atoms with van der Waals surface area (Å²) in [5, 5.41) is 8.94. The van der Waals surface area contributed by atoms with Gasteiger partial charge in [0.2, 0.25) is 0 Å². The van der Waals surface area contributed by atoms with Gasteiger partial charge in [-0.15, -0.1) is 0 Å². The van der Waals surface area contributed by atoms with Crippen molar-refractivity contribution in [3.63, 3.8) is 0 Å². The number of halogens is 2. The van der Waals surface area contributed by atoms with Crippen molar-refractivity contribution in [1.82, 2.24) is 0 Å². The van der Waals surface area contributed by atoms with E-state index in [4.69, 9.17) is 14.3 Å². The normalized spacial score (nSPS) is 10.5. The molecule has 100 valence electrons. The van der Waals surface area contributed by atoms with Gasteiger partial charge in [0.05, 0.1) is 8.95 Å². The Morgan fingerprint density at radius 1 is 1.37 bits per heavy atom. The molecule has 0 radical (unpaired) electrons. The van der Waals surface area contributed by atoms with Gasteiger partial charge in [-0.05, 0) is 57.0 Å². The average molecular weight is 390 g/mol. The predicted molar refractivity (Wildman–Crippen MR) is 76.6 cm³/mol. The molecule has 0 bridgehead atoms. The maximum absolute atomic E-state index is 10.9. The summed E-state index contributed by atoms with van der Waals surface area (Å²) < 4.78 is 12.6. The highest BCUT2D eigenvalue weighted by Gasteiger charge is 2.14. The van der Waals surface area contributed by atoms with Crippen molar-refractivity contribution in [2.75, 3.05) is 0 Å². The van der Waals surface area contributed by atoms with E-state index in [0.717, 1.165) is 8.95 Å². The van der Waals surface area contributed by atoms with E-state index in [1.54, 1.807) is 6.92 Å². The molecule has 4 nitrogen and oxygen atoms in total. The molecule has 1 N–H and O–H groups in total. The molecule has 19 heavy (non-hydrogen) atoms. The number of ether oxygens (including phenoxy) is 1. The fraction of sp³-hybridized carbons (Fsp3) is 0.154. The van der Waals surface area contributed by atoms with Crippen LogP contribution in [0.5, 0.6) is 5.75 Å². The van der Waals surface area contributed by atoms with Crippen LogP contribution in [-0.2, 0) is 6.61 Å². The largest absolute Gasteiger partial charge is 0.483 e. The highest BCUT2D eigenvalue weighted by atomic mass is 79.9. The van der Waals surface area contributed by atoms with Crippen molar-refractivity contribution in [2.45, 2.75) is 13.5 Å². The minimum Gasteiger partial charge on any atom is -0.483 e. The lowest BCUT2D eigenvalue weighted by molar-refractivity contribution is 0.0695. The lowest BCUT2D eigenvalue weighted by Crippen LogP contribution is -1.96. The Kier molecular flexibility index (Phi) is 4.31. The van der Waals surface area contributed by atoms with Crippen molar-refractivity contribution < 1.29 is 19.1 Å². The molecule has 1 heterocycles. The molecule has 0 fully saturated rings. The van der Waals surface area contributed by atoms with Crippen LogP contribution in [0, 0.1) is 6.92 Å². The van der Waals surface area contributed by atoms with E-state index in [2.05, 4.69) is 31.9 Å². The zero-order valence-electron chi connectivity index (χ0n) is 9.94. The molecule has 0 saturated heterocycles. The molecule has 0 aliphatic carbocycles. The summed E-state index contributed by atoms with van der Waals surface area (Å²) in [4.78, 5) is 10.9. The minimum atomic E-state index is -1.01. The SMILES string of the molecule is Cc1oc(COc2c(Br)cccc2Br)cc1C(=O)O. The van der Waals surface area contributed by atoms with Gasteiger partial charge in [0, 0.05) is 0 Å². The van der Waals surface area contributed by atoms with Crippen molar-refractivity contribution in [1.29, 1.82) is 0 Å². The maximum Gasteiger partial charge on any atom is 0.339 e. The summed E-state index contributed by atoms with van der Waals surface area (Å²) in [5.41, 5.74) is 0.157. The van der Waals surface area contributed by atoms with Gasteiger partial charge in [-0.2, -0.15) is 0 Å². The van der Waals surface area contributed by atoms with Crippen LogP contribution in [0.15, 0.2) is 37.6 Å². The Bertz CT molecular complexity index is 599. The Balaban J connectivity index is 2.15. The van der Waals surface area contributed by atoms with Crippen LogP contribution in [0.3, 0.4) is 0 Å². The summed E-state index contributed by atoms with van der Waals surface area (Å²) in [6.45, 7) is 1.77. The number of carbonyl (C=O) groups is 1. The quantitative estimate of drug-likeness (QED) is 0.842. The van der Waals surface area contributed by atoms with Gasteiger partial charge in [0.1, 0.15) is 29.4 Å². The van der Waals surface area contributed by atoms with Gasteiger partial charge >= 0.3 is 5.97 Å². The fourth-order valence-corrected chi connectivity index (χ4v) is 2.82. The van der Waals surface area contributed by atoms with Crippen molar-refractivity contribution in [3.8, 4) is 5.75 Å². The molecule has 0 amide bonds. The van der Waals surface area contributed by atoms with Crippen molar-refractivity contribution in [2.24, 2.45) is 0 Å². The number of hydrogen-bond donors (Lipinski definition) is 1. The van der Waals surface area contributed by atoms with E-state index < -0.39 is 5.97 Å². The van der Waals surface area contributed by atoms with E-state index in [1.165, 1.54) is 6.07 Å². The van der Waals surface area contributed by atoms with Gasteiger partial charge in [0.25, 0.3) is 0 Å². The molecule has 2 rings (SSSR count). The van der Waals surface area contributed by atoms with E-state index in [0.29, 0.717) is 17.3 Å². The van der Waals surface area contributed by atoms with Crippen LogP contribution in [-0.4, -0.2) is 11.1 Å². The number of aromatic carboxylic acids is 1. The minimum absolute atomic E-state index is 0.157. The Labute approximate surface area is 126 Å². The number of para-hydroxylation sites is 1. The van der Waals surface area contributed by atoms with Crippen molar-refractivity contribution in [3.05, 3.63) is 50.3 Å². The number of furan rings is 1. The summed E-state index contributed by atoms with van der Waals surface area (Å²) in [7, 11) is 0. The summed E-state index contributed by atoms with van der Waals surface area (Å²) in [5.74, 6) is 0.484. The van der Waals surface area contributed by atoms with Gasteiger partial charge in [-0.1, -0.05) is 6.07 Å². The highest BCUT2D eigenvalue weighted by Crippen LogP contribution is 2.33. The van der Waals surface area contributed by atoms with Gasteiger partial charge in [-0.3, -0.25) is 0 Å². The molecule has 0 spiro atoms. The zero-order chi connectivity index (χ0) is 14.0. The van der Waals surface area contributed by atoms with Crippen molar-refractivity contribution >= 4 is 37.8 Å². The second-order valence-corrected chi connectivity index (χ2v) is 5.54. The van der Waals surface area contributed by atoms with E-state index in [1.807, 2.05) is 18.2 Å². The molecule has 0 unspecified atom stereocenters. The molecule has 0 atom stereocenters. The number of aryl methyl sites for hydroxylation is 1. The Morgan fingerprint density at radius 2 is 2.00 bits per heavy atom. The van der Waals surface area contributed by atoms with Crippen LogP contribution >= 0.6 is 31.9 Å². The second-order valence-electron chi connectivity index (χ2n) is 3.83. The number of carboxylic acids is 1. The van der Waals surface area contributed by atoms with Crippen LogP contribution in [0.2, 0.25) is 0 Å².